The Labute approximate surface area is 128 Å². The van der Waals surface area contributed by atoms with Crippen LogP contribution in [0.25, 0.3) is 0 Å². The molecule has 0 aromatic carbocycles. The first kappa shape index (κ1) is 14.5. The maximum absolute atomic E-state index is 10.7. The van der Waals surface area contributed by atoms with Crippen LogP contribution in [0, 0.1) is 15.5 Å². The van der Waals surface area contributed by atoms with Gasteiger partial charge in [0.1, 0.15) is 12.0 Å². The first-order chi connectivity index (χ1) is 10.1. The molecule has 2 aliphatic rings. The Morgan fingerprint density at radius 2 is 2.38 bits per heavy atom. The lowest BCUT2D eigenvalue weighted by Crippen LogP contribution is -2.64. The highest BCUT2D eigenvalue weighted by molar-refractivity contribution is 6.33. The number of halogens is 1. The SMILES string of the molecule is CCOC1CC(Nc2ncc([N+](=O)[O-])cc2Cl)C12CCC2. The van der Waals surface area contributed by atoms with Gasteiger partial charge in [0.15, 0.2) is 0 Å². The monoisotopic (exact) mass is 311 g/mol. The van der Waals surface area contributed by atoms with E-state index in [0.29, 0.717) is 16.9 Å². The van der Waals surface area contributed by atoms with E-state index >= 15 is 0 Å². The number of rotatable bonds is 5. The third-order valence-electron chi connectivity index (χ3n) is 4.79. The first-order valence-electron chi connectivity index (χ1n) is 7.25. The second-order valence-electron chi connectivity index (χ2n) is 5.74. The van der Waals surface area contributed by atoms with Gasteiger partial charge in [-0.15, -0.1) is 0 Å². The van der Waals surface area contributed by atoms with Crippen LogP contribution in [0.2, 0.25) is 5.02 Å². The predicted octanol–water partition coefficient (Wildman–Crippen LogP) is 3.40. The predicted molar refractivity (Wildman–Crippen MR) is 79.6 cm³/mol. The molecule has 0 amide bonds. The van der Waals surface area contributed by atoms with E-state index in [-0.39, 0.29) is 17.1 Å². The number of nitrogens with one attached hydrogen (secondary N) is 1. The van der Waals surface area contributed by atoms with Gasteiger partial charge in [0, 0.05) is 24.1 Å². The molecule has 1 heterocycles. The number of ether oxygens (including phenoxy) is 1. The third kappa shape index (κ3) is 2.36. The molecule has 114 valence electrons. The van der Waals surface area contributed by atoms with Gasteiger partial charge < -0.3 is 10.1 Å². The van der Waals surface area contributed by atoms with Crippen LogP contribution in [0.5, 0.6) is 0 Å². The first-order valence-corrected chi connectivity index (χ1v) is 7.62. The molecule has 2 unspecified atom stereocenters. The fourth-order valence-corrected chi connectivity index (χ4v) is 3.65. The summed E-state index contributed by atoms with van der Waals surface area (Å²) in [5, 5.41) is 14.3. The Kier molecular flexibility index (Phi) is 3.75. The number of nitrogens with zero attached hydrogens (tertiary/aromatic N) is 2. The number of hydrogen-bond acceptors (Lipinski definition) is 5. The fourth-order valence-electron chi connectivity index (χ4n) is 3.44. The van der Waals surface area contributed by atoms with Gasteiger partial charge in [-0.2, -0.15) is 0 Å². The zero-order valence-corrected chi connectivity index (χ0v) is 12.6. The lowest BCUT2D eigenvalue weighted by Gasteiger charge is -2.61. The normalized spacial score (nSPS) is 26.0. The molecular formula is C14H18ClN3O3. The van der Waals surface area contributed by atoms with Gasteiger partial charge in [0.05, 0.1) is 16.0 Å². The second-order valence-corrected chi connectivity index (χ2v) is 6.15. The van der Waals surface area contributed by atoms with E-state index in [4.69, 9.17) is 16.3 Å². The zero-order chi connectivity index (χ0) is 15.0. The van der Waals surface area contributed by atoms with Crippen molar-refractivity contribution >= 4 is 23.1 Å². The molecule has 6 nitrogen and oxygen atoms in total. The molecule has 1 N–H and O–H groups in total. The molecule has 0 bridgehead atoms. The fraction of sp³-hybridized carbons (Fsp3) is 0.643. The van der Waals surface area contributed by atoms with Crippen LogP contribution in [0.1, 0.15) is 32.6 Å². The van der Waals surface area contributed by atoms with Crippen LogP contribution in [-0.2, 0) is 4.74 Å². The highest BCUT2D eigenvalue weighted by atomic mass is 35.5. The summed E-state index contributed by atoms with van der Waals surface area (Å²) in [7, 11) is 0. The number of anilines is 1. The topological polar surface area (TPSA) is 77.3 Å². The Hall–Kier alpha value is -1.40. The van der Waals surface area contributed by atoms with Crippen LogP contribution < -0.4 is 5.32 Å². The Balaban J connectivity index is 1.71. The average Bonchev–Trinajstić information content (AvgIpc) is 2.37. The molecule has 1 aromatic heterocycles. The average molecular weight is 312 g/mol. The Bertz CT molecular complexity index is 562. The van der Waals surface area contributed by atoms with Gasteiger partial charge in [-0.3, -0.25) is 10.1 Å². The minimum atomic E-state index is -0.495. The van der Waals surface area contributed by atoms with E-state index in [1.165, 1.54) is 18.7 Å². The zero-order valence-electron chi connectivity index (χ0n) is 11.8. The number of hydrogen-bond donors (Lipinski definition) is 1. The van der Waals surface area contributed by atoms with Gasteiger partial charge in [-0.05, 0) is 26.2 Å². The van der Waals surface area contributed by atoms with Crippen LogP contribution >= 0.6 is 11.6 Å². The van der Waals surface area contributed by atoms with Crippen molar-refractivity contribution in [3.63, 3.8) is 0 Å². The Morgan fingerprint density at radius 1 is 1.62 bits per heavy atom. The van der Waals surface area contributed by atoms with Crippen molar-refractivity contribution in [1.82, 2.24) is 4.98 Å². The highest BCUT2D eigenvalue weighted by Gasteiger charge is 2.59. The minimum Gasteiger partial charge on any atom is -0.378 e. The van der Waals surface area contributed by atoms with E-state index in [0.717, 1.165) is 25.9 Å². The molecule has 0 aliphatic heterocycles. The smallest absolute Gasteiger partial charge is 0.289 e. The van der Waals surface area contributed by atoms with Gasteiger partial charge >= 0.3 is 0 Å². The summed E-state index contributed by atoms with van der Waals surface area (Å²) >= 11 is 6.09. The van der Waals surface area contributed by atoms with Crippen molar-refractivity contribution < 1.29 is 9.66 Å². The van der Waals surface area contributed by atoms with E-state index in [9.17, 15) is 10.1 Å². The molecular weight excluding hydrogens is 294 g/mol. The molecule has 0 saturated heterocycles. The van der Waals surface area contributed by atoms with Crippen molar-refractivity contribution in [2.24, 2.45) is 5.41 Å². The summed E-state index contributed by atoms with van der Waals surface area (Å²) in [5.41, 5.74) is 0.104. The van der Waals surface area contributed by atoms with Crippen molar-refractivity contribution in [1.29, 1.82) is 0 Å². The van der Waals surface area contributed by atoms with E-state index in [1.807, 2.05) is 6.92 Å². The van der Waals surface area contributed by atoms with Crippen molar-refractivity contribution in [3.8, 4) is 0 Å². The molecule has 2 aliphatic carbocycles. The number of aromatic nitrogens is 1. The molecule has 21 heavy (non-hydrogen) atoms. The molecule has 1 spiro atoms. The maximum atomic E-state index is 10.7. The molecule has 2 atom stereocenters. The number of pyridine rings is 1. The molecule has 7 heteroatoms. The molecule has 3 rings (SSSR count). The second kappa shape index (κ2) is 5.42. The Morgan fingerprint density at radius 3 is 2.90 bits per heavy atom. The molecule has 2 fully saturated rings. The third-order valence-corrected chi connectivity index (χ3v) is 5.07. The quantitative estimate of drug-likeness (QED) is 0.666. The van der Waals surface area contributed by atoms with Crippen molar-refractivity contribution in [2.45, 2.75) is 44.8 Å². The minimum absolute atomic E-state index is 0.0929. The largest absolute Gasteiger partial charge is 0.378 e. The summed E-state index contributed by atoms with van der Waals surface area (Å²) < 4.78 is 5.80. The van der Waals surface area contributed by atoms with Crippen molar-refractivity contribution in [2.75, 3.05) is 11.9 Å². The molecule has 2 saturated carbocycles. The van der Waals surface area contributed by atoms with E-state index in [1.54, 1.807) is 0 Å². The number of nitro groups is 1. The van der Waals surface area contributed by atoms with Gasteiger partial charge in [0.25, 0.3) is 5.69 Å². The van der Waals surface area contributed by atoms with Crippen LogP contribution in [-0.4, -0.2) is 28.7 Å². The van der Waals surface area contributed by atoms with Crippen molar-refractivity contribution in [3.05, 3.63) is 27.4 Å². The van der Waals surface area contributed by atoms with Gasteiger partial charge in [-0.25, -0.2) is 4.98 Å². The van der Waals surface area contributed by atoms with E-state index in [2.05, 4.69) is 10.3 Å². The summed E-state index contributed by atoms with van der Waals surface area (Å²) in [4.78, 5) is 14.3. The van der Waals surface area contributed by atoms with Crippen LogP contribution in [0.15, 0.2) is 12.3 Å². The maximum Gasteiger partial charge on any atom is 0.289 e. The molecule has 1 aromatic rings. The summed E-state index contributed by atoms with van der Waals surface area (Å²) in [6, 6.07) is 1.62. The van der Waals surface area contributed by atoms with Gasteiger partial charge in [-0.1, -0.05) is 18.0 Å². The van der Waals surface area contributed by atoms with Gasteiger partial charge in [0.2, 0.25) is 0 Å². The lowest BCUT2D eigenvalue weighted by molar-refractivity contribution is -0.385. The summed E-state index contributed by atoms with van der Waals surface area (Å²) in [6.45, 7) is 2.75. The van der Waals surface area contributed by atoms with Crippen LogP contribution in [0.3, 0.4) is 0 Å². The standard InChI is InChI=1S/C14H18ClN3O3/c1-2-21-12-7-11(14(12)4-3-5-14)17-13-10(15)6-9(8-16-13)18(19)20/h6,8,11-12H,2-5,7H2,1H3,(H,16,17). The van der Waals surface area contributed by atoms with E-state index < -0.39 is 4.92 Å². The lowest BCUT2D eigenvalue weighted by atomic mass is 9.51. The van der Waals surface area contributed by atoms with Crippen LogP contribution in [0.4, 0.5) is 11.5 Å². The molecule has 0 radical (unpaired) electrons. The summed E-state index contributed by atoms with van der Waals surface area (Å²) in [6.07, 6.45) is 6.01. The summed E-state index contributed by atoms with van der Waals surface area (Å²) in [5.74, 6) is 0.522. The highest BCUT2D eigenvalue weighted by Crippen LogP contribution is 2.58.